The number of piperazine rings is 1. The second-order valence-corrected chi connectivity index (χ2v) is 8.56. The minimum absolute atomic E-state index is 0.151. The molecule has 0 radical (unpaired) electrons. The van der Waals surface area contributed by atoms with Crippen molar-refractivity contribution >= 4 is 28.8 Å². The summed E-state index contributed by atoms with van der Waals surface area (Å²) in [4.78, 5) is 33.0. The first kappa shape index (κ1) is 22.1. The van der Waals surface area contributed by atoms with E-state index in [1.54, 1.807) is 47.4 Å². The lowest BCUT2D eigenvalue weighted by atomic mass is 9.93. The van der Waals surface area contributed by atoms with Crippen LogP contribution in [0.15, 0.2) is 30.6 Å². The van der Waals surface area contributed by atoms with Gasteiger partial charge in [0, 0.05) is 19.0 Å². The third-order valence-corrected chi connectivity index (χ3v) is 6.12. The number of carbonyl (C=O) groups is 2. The van der Waals surface area contributed by atoms with Crippen LogP contribution in [0, 0.1) is 11.3 Å². The normalized spacial score (nSPS) is 17.8. The van der Waals surface area contributed by atoms with Crippen LogP contribution < -0.4 is 15.4 Å². The Morgan fingerprint density at radius 3 is 2.70 bits per heavy atom. The van der Waals surface area contributed by atoms with Gasteiger partial charge in [0.2, 0.25) is 5.91 Å². The number of nitrogen functional groups attached to an aromatic ring is 1. The number of nitrogens with zero attached hydrogens (tertiary/aromatic N) is 6. The monoisotopic (exact) mass is 447 g/mol. The van der Waals surface area contributed by atoms with Crippen LogP contribution in [0.2, 0.25) is 0 Å². The largest absolute Gasteiger partial charge is 0.495 e. The van der Waals surface area contributed by atoms with Gasteiger partial charge in [-0.1, -0.05) is 0 Å². The maximum absolute atomic E-state index is 13.6. The Labute approximate surface area is 191 Å². The number of hydrogen-bond acceptors (Lipinski definition) is 7. The minimum atomic E-state index is -1.02. The fourth-order valence-corrected chi connectivity index (χ4v) is 4.45. The second kappa shape index (κ2) is 7.78. The number of rotatable bonds is 3. The molecule has 10 heteroatoms. The van der Waals surface area contributed by atoms with Crippen LogP contribution in [0.1, 0.15) is 33.3 Å². The minimum Gasteiger partial charge on any atom is -0.495 e. The van der Waals surface area contributed by atoms with Gasteiger partial charge in [0.15, 0.2) is 5.82 Å². The van der Waals surface area contributed by atoms with Crippen LogP contribution in [-0.4, -0.2) is 56.5 Å². The molecule has 1 saturated heterocycles. The van der Waals surface area contributed by atoms with Crippen molar-refractivity contribution in [1.29, 1.82) is 5.26 Å². The Balaban J connectivity index is 1.89. The Bertz CT molecular complexity index is 1320. The highest BCUT2D eigenvalue weighted by Crippen LogP contribution is 2.39. The summed E-state index contributed by atoms with van der Waals surface area (Å²) in [5.74, 6) is 0.353. The molecule has 1 aromatic carbocycles. The number of nitrogens with two attached hydrogens (primary N) is 1. The molecule has 170 valence electrons. The van der Waals surface area contributed by atoms with E-state index in [4.69, 9.17) is 10.5 Å². The van der Waals surface area contributed by atoms with E-state index >= 15 is 0 Å². The Morgan fingerprint density at radius 2 is 2.06 bits per heavy atom. The lowest BCUT2D eigenvalue weighted by Crippen LogP contribution is -2.67. The predicted octanol–water partition coefficient (Wildman–Crippen LogP) is 2.22. The average Bonchev–Trinajstić information content (AvgIpc) is 3.16. The van der Waals surface area contributed by atoms with E-state index in [-0.39, 0.29) is 23.7 Å². The molecular weight excluding hydrogens is 422 g/mol. The van der Waals surface area contributed by atoms with Crippen LogP contribution in [0.3, 0.4) is 0 Å². The quantitative estimate of drug-likeness (QED) is 0.651. The molecule has 10 nitrogen and oxygen atoms in total. The van der Waals surface area contributed by atoms with E-state index in [2.05, 4.69) is 16.2 Å². The van der Waals surface area contributed by atoms with Gasteiger partial charge in [0.25, 0.3) is 5.91 Å². The van der Waals surface area contributed by atoms with E-state index in [0.29, 0.717) is 40.3 Å². The molecule has 0 bridgehead atoms. The van der Waals surface area contributed by atoms with Crippen molar-refractivity contribution in [2.24, 2.45) is 0 Å². The second-order valence-electron chi connectivity index (χ2n) is 8.56. The van der Waals surface area contributed by atoms with Crippen molar-refractivity contribution in [3.8, 4) is 23.1 Å². The third-order valence-electron chi connectivity index (χ3n) is 6.12. The summed E-state index contributed by atoms with van der Waals surface area (Å²) in [6.07, 6.45) is 1.33. The molecule has 33 heavy (non-hydrogen) atoms. The van der Waals surface area contributed by atoms with E-state index in [9.17, 15) is 14.9 Å². The van der Waals surface area contributed by atoms with Gasteiger partial charge >= 0.3 is 0 Å². The molecule has 0 spiro atoms. The third kappa shape index (κ3) is 3.33. The number of ether oxygens (including phenoxy) is 1. The molecule has 2 N–H and O–H groups in total. The first-order chi connectivity index (χ1) is 15.6. The van der Waals surface area contributed by atoms with Crippen molar-refractivity contribution in [1.82, 2.24) is 19.5 Å². The highest BCUT2D eigenvalue weighted by atomic mass is 16.5. The summed E-state index contributed by atoms with van der Waals surface area (Å²) in [5, 5.41) is 13.9. The lowest BCUT2D eigenvalue weighted by molar-refractivity contribution is -0.146. The van der Waals surface area contributed by atoms with Gasteiger partial charge in [-0.15, -0.1) is 0 Å². The maximum Gasteiger partial charge on any atom is 0.252 e. The molecule has 0 unspecified atom stereocenters. The molecular formula is C23H25N7O3. The van der Waals surface area contributed by atoms with Gasteiger partial charge in [-0.25, -0.2) is 9.50 Å². The Hall–Kier alpha value is -4.13. The van der Waals surface area contributed by atoms with Gasteiger partial charge in [0.05, 0.1) is 30.1 Å². The molecule has 1 atom stereocenters. The number of benzene rings is 1. The highest BCUT2D eigenvalue weighted by Gasteiger charge is 2.47. The highest BCUT2D eigenvalue weighted by molar-refractivity contribution is 6.04. The number of amides is 2. The van der Waals surface area contributed by atoms with Crippen LogP contribution in [0.4, 0.5) is 11.5 Å². The first-order valence-corrected chi connectivity index (χ1v) is 10.4. The van der Waals surface area contributed by atoms with Crippen molar-refractivity contribution < 1.29 is 14.3 Å². The topological polar surface area (TPSA) is 130 Å². The summed E-state index contributed by atoms with van der Waals surface area (Å²) in [7, 11) is 1.54. The number of aromatic nitrogens is 3. The van der Waals surface area contributed by atoms with E-state index in [1.807, 2.05) is 19.1 Å². The fraction of sp³-hybridized carbons (Fsp3) is 0.348. The Kier molecular flexibility index (Phi) is 5.20. The molecule has 3 heterocycles. The van der Waals surface area contributed by atoms with Crippen molar-refractivity contribution in [2.75, 3.05) is 24.3 Å². The van der Waals surface area contributed by atoms with Crippen molar-refractivity contribution in [3.05, 3.63) is 36.2 Å². The fourth-order valence-electron chi connectivity index (χ4n) is 4.45. The lowest BCUT2D eigenvalue weighted by Gasteiger charge is -2.49. The van der Waals surface area contributed by atoms with Crippen molar-refractivity contribution in [2.45, 2.75) is 39.3 Å². The molecule has 0 saturated carbocycles. The van der Waals surface area contributed by atoms with Crippen LogP contribution in [-0.2, 0) is 9.59 Å². The predicted molar refractivity (Wildman–Crippen MR) is 123 cm³/mol. The number of hydrogen-bond donors (Lipinski definition) is 1. The zero-order valence-corrected chi connectivity index (χ0v) is 19.2. The number of carbonyl (C=O) groups excluding carboxylic acids is 2. The van der Waals surface area contributed by atoms with E-state index < -0.39 is 5.54 Å². The van der Waals surface area contributed by atoms with Crippen molar-refractivity contribution in [3.63, 3.8) is 0 Å². The molecule has 1 aliphatic heterocycles. The summed E-state index contributed by atoms with van der Waals surface area (Å²) >= 11 is 0. The van der Waals surface area contributed by atoms with Gasteiger partial charge in [-0.05, 0) is 45.0 Å². The smallest absolute Gasteiger partial charge is 0.252 e. The maximum atomic E-state index is 13.6. The van der Waals surface area contributed by atoms with Crippen LogP contribution in [0.25, 0.3) is 16.8 Å². The standard InChI is InChI=1S/C23H25N7O3/c1-13-11-28(14(2)31)23(3,4)22(32)29(13)18-8-15(6-7-19(18)33-5)17-9-16(10-24)20-21(25)26-12-27-30(17)20/h6-9,12-13H,11H2,1-5H3,(H2,25,26,27)/t13-/m0/s1. The molecule has 3 aromatic rings. The van der Waals surface area contributed by atoms with Crippen LogP contribution in [0.5, 0.6) is 5.75 Å². The summed E-state index contributed by atoms with van der Waals surface area (Å²) in [6, 6.07) is 8.97. The van der Waals surface area contributed by atoms with Gasteiger partial charge < -0.3 is 20.3 Å². The number of fused-ring (bicyclic) bond motifs is 1. The molecule has 1 fully saturated rings. The van der Waals surface area contributed by atoms with Gasteiger partial charge in [-0.2, -0.15) is 10.4 Å². The molecule has 0 aliphatic carbocycles. The first-order valence-electron chi connectivity index (χ1n) is 10.4. The summed E-state index contributed by atoms with van der Waals surface area (Å²) < 4.78 is 7.15. The number of nitriles is 1. The number of methoxy groups -OCH3 is 1. The zero-order chi connectivity index (χ0) is 24.1. The molecule has 2 aromatic heterocycles. The average molecular weight is 447 g/mol. The van der Waals surface area contributed by atoms with E-state index in [0.717, 1.165) is 0 Å². The summed E-state index contributed by atoms with van der Waals surface area (Å²) in [5.41, 5.74) is 7.66. The van der Waals surface area contributed by atoms with Gasteiger partial charge in [-0.3, -0.25) is 9.59 Å². The zero-order valence-electron chi connectivity index (χ0n) is 19.2. The van der Waals surface area contributed by atoms with E-state index in [1.165, 1.54) is 13.3 Å². The SMILES string of the molecule is COc1ccc(-c2cc(C#N)c3c(N)ncnn23)cc1N1C(=O)C(C)(C)N(C(C)=O)C[C@@H]1C. The Morgan fingerprint density at radius 1 is 1.33 bits per heavy atom. The number of anilines is 2. The molecule has 2 amide bonds. The summed E-state index contributed by atoms with van der Waals surface area (Å²) in [6.45, 7) is 7.23. The van der Waals surface area contributed by atoms with Gasteiger partial charge in [0.1, 0.15) is 29.2 Å². The van der Waals surface area contributed by atoms with Crippen LogP contribution >= 0.6 is 0 Å². The molecule has 1 aliphatic rings. The molecule has 4 rings (SSSR count).